The summed E-state index contributed by atoms with van der Waals surface area (Å²) in [5, 5.41) is 0. The Balaban J connectivity index is 1.72. The van der Waals surface area contributed by atoms with Gasteiger partial charge in [-0.25, -0.2) is 4.79 Å². The summed E-state index contributed by atoms with van der Waals surface area (Å²) in [6.07, 6.45) is 3.67. The van der Waals surface area contributed by atoms with Crippen LogP contribution in [0.4, 0.5) is 0 Å². The Hall–Kier alpha value is -3.74. The first-order chi connectivity index (χ1) is 14.5. The number of imide groups is 1. The van der Waals surface area contributed by atoms with Crippen molar-refractivity contribution in [3.05, 3.63) is 83.6 Å². The van der Waals surface area contributed by atoms with E-state index in [0.717, 1.165) is 10.5 Å². The molecule has 0 N–H and O–H groups in total. The molecule has 3 amide bonds. The van der Waals surface area contributed by atoms with E-state index in [-0.39, 0.29) is 17.5 Å². The third-order valence-corrected chi connectivity index (χ3v) is 5.38. The molecule has 30 heavy (non-hydrogen) atoms. The topological polar surface area (TPSA) is 84.0 Å². The molecule has 2 aliphatic rings. The molecule has 4 rings (SSSR count). The maximum absolute atomic E-state index is 13.5. The monoisotopic (exact) mass is 404 g/mol. The number of methoxy groups -OCH3 is 1. The van der Waals surface area contributed by atoms with Crippen LogP contribution in [0.25, 0.3) is 0 Å². The Morgan fingerprint density at radius 1 is 1.00 bits per heavy atom. The molecule has 7 nitrogen and oxygen atoms in total. The molecule has 7 heteroatoms. The van der Waals surface area contributed by atoms with E-state index in [9.17, 15) is 19.2 Å². The Bertz CT molecular complexity index is 1010. The second-order valence-electron chi connectivity index (χ2n) is 7.14. The third-order valence-electron chi connectivity index (χ3n) is 5.38. The fourth-order valence-corrected chi connectivity index (χ4v) is 3.88. The molecule has 0 bridgehead atoms. The zero-order valence-electron chi connectivity index (χ0n) is 16.4. The number of carbonyl (C=O) groups is 4. The Morgan fingerprint density at radius 3 is 2.20 bits per heavy atom. The average Bonchev–Trinajstić information content (AvgIpc) is 3.36. The Morgan fingerprint density at radius 2 is 1.60 bits per heavy atom. The predicted molar refractivity (Wildman–Crippen MR) is 107 cm³/mol. The quantitative estimate of drug-likeness (QED) is 0.563. The molecule has 2 heterocycles. The number of nitrogens with zero attached hydrogens (tertiary/aromatic N) is 2. The van der Waals surface area contributed by atoms with Crippen molar-refractivity contribution in [2.24, 2.45) is 0 Å². The SMILES string of the molecule is COC(=O)[C@H]1CC=CN1C(=O)[C@H](Cc1ccccc1)N1C(=O)c2ccccc2C1=O. The van der Waals surface area contributed by atoms with Crippen LogP contribution in [0.3, 0.4) is 0 Å². The van der Waals surface area contributed by atoms with Gasteiger partial charge in [-0.05, 0) is 24.1 Å². The number of hydrogen-bond donors (Lipinski definition) is 0. The summed E-state index contributed by atoms with van der Waals surface area (Å²) >= 11 is 0. The van der Waals surface area contributed by atoms with Crippen LogP contribution in [0, 0.1) is 0 Å². The molecule has 0 fully saturated rings. The first-order valence-corrected chi connectivity index (χ1v) is 9.60. The maximum atomic E-state index is 13.5. The van der Waals surface area contributed by atoms with Crippen molar-refractivity contribution in [3.8, 4) is 0 Å². The van der Waals surface area contributed by atoms with Crippen molar-refractivity contribution in [1.29, 1.82) is 0 Å². The molecular formula is C23H20N2O5. The smallest absolute Gasteiger partial charge is 0.329 e. The lowest BCUT2D eigenvalue weighted by Crippen LogP contribution is -2.53. The van der Waals surface area contributed by atoms with Crippen LogP contribution in [0.1, 0.15) is 32.7 Å². The van der Waals surface area contributed by atoms with Crippen molar-refractivity contribution in [2.75, 3.05) is 7.11 Å². The molecule has 152 valence electrons. The van der Waals surface area contributed by atoms with Crippen LogP contribution in [0.15, 0.2) is 66.9 Å². The fourth-order valence-electron chi connectivity index (χ4n) is 3.88. The van der Waals surface area contributed by atoms with Crippen LogP contribution in [-0.4, -0.2) is 52.7 Å². The minimum atomic E-state index is -1.09. The lowest BCUT2D eigenvalue weighted by Gasteiger charge is -2.31. The molecule has 0 spiro atoms. The van der Waals surface area contributed by atoms with Gasteiger partial charge in [-0.1, -0.05) is 48.5 Å². The number of fused-ring (bicyclic) bond motifs is 1. The number of carbonyl (C=O) groups excluding carboxylic acids is 4. The molecule has 0 aromatic heterocycles. The maximum Gasteiger partial charge on any atom is 0.329 e. The minimum Gasteiger partial charge on any atom is -0.467 e. The van der Waals surface area contributed by atoms with E-state index in [2.05, 4.69) is 0 Å². The summed E-state index contributed by atoms with van der Waals surface area (Å²) < 4.78 is 4.81. The van der Waals surface area contributed by atoms with Crippen molar-refractivity contribution in [2.45, 2.75) is 24.9 Å². The second-order valence-corrected chi connectivity index (χ2v) is 7.14. The second kappa shape index (κ2) is 7.94. The predicted octanol–water partition coefficient (Wildman–Crippen LogP) is 2.18. The summed E-state index contributed by atoms with van der Waals surface area (Å²) in [6.45, 7) is 0. The van der Waals surface area contributed by atoms with Gasteiger partial charge in [0.2, 0.25) is 0 Å². The summed E-state index contributed by atoms with van der Waals surface area (Å²) in [5.41, 5.74) is 1.34. The van der Waals surface area contributed by atoms with Crippen molar-refractivity contribution in [1.82, 2.24) is 9.80 Å². The lowest BCUT2D eigenvalue weighted by atomic mass is 10.0. The van der Waals surface area contributed by atoms with E-state index >= 15 is 0 Å². The van der Waals surface area contributed by atoms with Gasteiger partial charge in [0.25, 0.3) is 17.7 Å². The number of rotatable bonds is 5. The van der Waals surface area contributed by atoms with E-state index in [1.165, 1.54) is 18.2 Å². The van der Waals surface area contributed by atoms with Gasteiger partial charge >= 0.3 is 5.97 Å². The first-order valence-electron chi connectivity index (χ1n) is 9.60. The molecule has 0 unspecified atom stereocenters. The highest BCUT2D eigenvalue weighted by molar-refractivity contribution is 6.23. The largest absolute Gasteiger partial charge is 0.467 e. The molecule has 2 aliphatic heterocycles. The van der Waals surface area contributed by atoms with Gasteiger partial charge in [-0.3, -0.25) is 19.3 Å². The molecular weight excluding hydrogens is 384 g/mol. The van der Waals surface area contributed by atoms with Gasteiger partial charge in [0.05, 0.1) is 18.2 Å². The van der Waals surface area contributed by atoms with E-state index in [1.54, 1.807) is 30.3 Å². The van der Waals surface area contributed by atoms with Crippen LogP contribution in [-0.2, 0) is 20.7 Å². The van der Waals surface area contributed by atoms with E-state index in [4.69, 9.17) is 4.74 Å². The first kappa shape index (κ1) is 19.6. The number of amides is 3. The standard InChI is InChI=1S/C23H20N2O5/c1-30-23(29)18-12-7-13-24(18)22(28)19(14-15-8-3-2-4-9-15)25-20(26)16-10-5-6-11-17(16)21(25)27/h2-11,13,18-19H,12,14H2,1H3/t18-,19+/m1/s1. The minimum absolute atomic E-state index is 0.142. The van der Waals surface area contributed by atoms with Gasteiger partial charge in [0, 0.05) is 12.6 Å². The van der Waals surface area contributed by atoms with E-state index in [0.29, 0.717) is 6.42 Å². The molecule has 2 atom stereocenters. The highest BCUT2D eigenvalue weighted by Crippen LogP contribution is 2.28. The number of ether oxygens (including phenoxy) is 1. The third kappa shape index (κ3) is 3.28. The van der Waals surface area contributed by atoms with Gasteiger partial charge in [-0.15, -0.1) is 0 Å². The number of hydrogen-bond acceptors (Lipinski definition) is 5. The van der Waals surface area contributed by atoms with Crippen LogP contribution >= 0.6 is 0 Å². The zero-order chi connectivity index (χ0) is 21.3. The van der Waals surface area contributed by atoms with Crippen molar-refractivity contribution in [3.63, 3.8) is 0 Å². The molecule has 0 saturated heterocycles. The summed E-state index contributed by atoms with van der Waals surface area (Å²) in [4.78, 5) is 54.1. The van der Waals surface area contributed by atoms with Crippen LogP contribution in [0.2, 0.25) is 0 Å². The lowest BCUT2D eigenvalue weighted by molar-refractivity contribution is -0.151. The molecule has 0 saturated carbocycles. The highest BCUT2D eigenvalue weighted by atomic mass is 16.5. The molecule has 2 aromatic rings. The Kier molecular flexibility index (Phi) is 5.18. The normalized spacial score (nSPS) is 18.5. The van der Waals surface area contributed by atoms with Crippen LogP contribution in [0.5, 0.6) is 0 Å². The van der Waals surface area contributed by atoms with E-state index < -0.39 is 35.8 Å². The summed E-state index contributed by atoms with van der Waals surface area (Å²) in [5.74, 6) is -2.07. The number of esters is 1. The fraction of sp³-hybridized carbons (Fsp3) is 0.217. The van der Waals surface area contributed by atoms with Gasteiger partial charge in [0.1, 0.15) is 12.1 Å². The van der Waals surface area contributed by atoms with Gasteiger partial charge in [0.15, 0.2) is 0 Å². The van der Waals surface area contributed by atoms with E-state index in [1.807, 2.05) is 30.3 Å². The molecule has 0 radical (unpaired) electrons. The van der Waals surface area contributed by atoms with Crippen molar-refractivity contribution >= 4 is 23.7 Å². The highest BCUT2D eigenvalue weighted by Gasteiger charge is 2.45. The summed E-state index contributed by atoms with van der Waals surface area (Å²) in [7, 11) is 1.26. The zero-order valence-corrected chi connectivity index (χ0v) is 16.4. The molecule has 2 aromatic carbocycles. The number of benzene rings is 2. The van der Waals surface area contributed by atoms with Crippen molar-refractivity contribution < 1.29 is 23.9 Å². The summed E-state index contributed by atoms with van der Waals surface area (Å²) in [6, 6.07) is 13.8. The van der Waals surface area contributed by atoms with Gasteiger partial charge in [-0.2, -0.15) is 0 Å². The molecule has 0 aliphatic carbocycles. The Labute approximate surface area is 173 Å². The average molecular weight is 404 g/mol. The van der Waals surface area contributed by atoms with Crippen LogP contribution < -0.4 is 0 Å². The van der Waals surface area contributed by atoms with Gasteiger partial charge < -0.3 is 9.64 Å².